The maximum absolute atomic E-state index is 11.7. The summed E-state index contributed by atoms with van der Waals surface area (Å²) in [6.45, 7) is 6.04. The van der Waals surface area contributed by atoms with Gasteiger partial charge in [0.05, 0.1) is 11.0 Å². The van der Waals surface area contributed by atoms with E-state index in [0.717, 1.165) is 36.7 Å². The molecular formula is C21H35N3O3S. The van der Waals surface area contributed by atoms with Crippen molar-refractivity contribution in [2.45, 2.75) is 63.5 Å². The molecule has 1 aromatic carbocycles. The first-order chi connectivity index (χ1) is 13.3. The summed E-state index contributed by atoms with van der Waals surface area (Å²) >= 11 is 0. The average Bonchev–Trinajstić information content (AvgIpc) is 3.17. The second kappa shape index (κ2) is 10.8. The van der Waals surface area contributed by atoms with Crippen molar-refractivity contribution < 1.29 is 13.2 Å². The van der Waals surface area contributed by atoms with E-state index in [-0.39, 0.29) is 0 Å². The minimum absolute atomic E-state index is 0.323. The molecule has 6 nitrogen and oxygen atoms in total. The Labute approximate surface area is 170 Å². The highest BCUT2D eigenvalue weighted by Crippen LogP contribution is 2.30. The molecule has 0 spiro atoms. The molecular weight excluding hydrogens is 374 g/mol. The summed E-state index contributed by atoms with van der Waals surface area (Å²) in [4.78, 5) is 4.66. The van der Waals surface area contributed by atoms with Gasteiger partial charge in [-0.15, -0.1) is 0 Å². The molecule has 1 aromatic rings. The Morgan fingerprint density at radius 1 is 1.29 bits per heavy atom. The van der Waals surface area contributed by atoms with Crippen molar-refractivity contribution >= 4 is 15.8 Å². The van der Waals surface area contributed by atoms with E-state index in [0.29, 0.717) is 23.5 Å². The van der Waals surface area contributed by atoms with Crippen LogP contribution in [0.15, 0.2) is 28.1 Å². The van der Waals surface area contributed by atoms with E-state index < -0.39 is 9.84 Å². The number of rotatable bonds is 9. The second-order valence-corrected chi connectivity index (χ2v) is 9.54. The maximum atomic E-state index is 11.7. The number of aliphatic imine (C=N–C) groups is 1. The van der Waals surface area contributed by atoms with Gasteiger partial charge in [0.1, 0.15) is 0 Å². The average molecular weight is 410 g/mol. The zero-order chi connectivity index (χ0) is 20.6. The fraction of sp³-hybridized carbons (Fsp3) is 0.667. The second-order valence-electron chi connectivity index (χ2n) is 7.55. The van der Waals surface area contributed by atoms with Gasteiger partial charge < -0.3 is 15.4 Å². The van der Waals surface area contributed by atoms with Gasteiger partial charge in [0.25, 0.3) is 0 Å². The van der Waals surface area contributed by atoms with Crippen LogP contribution in [0.1, 0.15) is 50.2 Å². The van der Waals surface area contributed by atoms with Gasteiger partial charge in [0, 0.05) is 33.0 Å². The molecule has 0 radical (unpaired) electrons. The lowest BCUT2D eigenvalue weighted by Gasteiger charge is -2.24. The molecule has 2 rings (SSSR count). The minimum Gasteiger partial charge on any atom is -0.378 e. The fourth-order valence-electron chi connectivity index (χ4n) is 3.98. The van der Waals surface area contributed by atoms with Gasteiger partial charge in [-0.05, 0) is 56.2 Å². The van der Waals surface area contributed by atoms with Crippen molar-refractivity contribution in [2.24, 2.45) is 10.9 Å². The highest BCUT2D eigenvalue weighted by Gasteiger charge is 2.25. The highest BCUT2D eigenvalue weighted by atomic mass is 32.2. The number of hydrogen-bond donors (Lipinski definition) is 2. The van der Waals surface area contributed by atoms with E-state index in [1.807, 2.05) is 19.1 Å². The van der Waals surface area contributed by atoms with Crippen LogP contribution in [-0.2, 0) is 21.1 Å². The number of sulfone groups is 1. The summed E-state index contributed by atoms with van der Waals surface area (Å²) in [5.41, 5.74) is 1.78. The molecule has 0 amide bonds. The molecule has 28 heavy (non-hydrogen) atoms. The Bertz CT molecular complexity index is 756. The molecule has 2 N–H and O–H groups in total. The van der Waals surface area contributed by atoms with Gasteiger partial charge >= 0.3 is 0 Å². The molecule has 1 fully saturated rings. The van der Waals surface area contributed by atoms with E-state index in [4.69, 9.17) is 4.74 Å². The summed E-state index contributed by atoms with van der Waals surface area (Å²) in [5, 5.41) is 6.66. The quantitative estimate of drug-likeness (QED) is 0.484. The van der Waals surface area contributed by atoms with Crippen molar-refractivity contribution in [1.29, 1.82) is 0 Å². The first-order valence-corrected chi connectivity index (χ1v) is 12.1. The van der Waals surface area contributed by atoms with Crippen molar-refractivity contribution in [3.05, 3.63) is 29.3 Å². The number of aryl methyl sites for hydroxylation is 1. The Hall–Kier alpha value is -1.60. The molecule has 0 aliphatic heterocycles. The van der Waals surface area contributed by atoms with Crippen LogP contribution in [0.2, 0.25) is 0 Å². The lowest BCUT2D eigenvalue weighted by molar-refractivity contribution is 0.0169. The van der Waals surface area contributed by atoms with Crippen LogP contribution in [-0.4, -0.2) is 46.9 Å². The van der Waals surface area contributed by atoms with Crippen LogP contribution in [0, 0.1) is 12.8 Å². The van der Waals surface area contributed by atoms with E-state index in [2.05, 4.69) is 22.5 Å². The summed E-state index contributed by atoms with van der Waals surface area (Å²) in [5.74, 6) is 1.43. The predicted octanol–water partition coefficient (Wildman–Crippen LogP) is 3.05. The summed E-state index contributed by atoms with van der Waals surface area (Å²) in [6.07, 6.45) is 7.73. The van der Waals surface area contributed by atoms with E-state index in [1.54, 1.807) is 13.1 Å². The third-order valence-electron chi connectivity index (χ3n) is 5.35. The number of ether oxygens (including phenoxy) is 1. The van der Waals surface area contributed by atoms with Crippen LogP contribution in [0.3, 0.4) is 0 Å². The van der Waals surface area contributed by atoms with E-state index in [9.17, 15) is 8.42 Å². The summed E-state index contributed by atoms with van der Waals surface area (Å²) in [7, 11) is -1.43. The fourth-order valence-corrected chi connectivity index (χ4v) is 4.93. The van der Waals surface area contributed by atoms with Crippen LogP contribution in [0.5, 0.6) is 0 Å². The molecule has 1 unspecified atom stereocenters. The Morgan fingerprint density at radius 2 is 2.00 bits per heavy atom. The third-order valence-corrected chi connectivity index (χ3v) is 6.61. The highest BCUT2D eigenvalue weighted by molar-refractivity contribution is 7.90. The van der Waals surface area contributed by atoms with Gasteiger partial charge in [-0.1, -0.05) is 25.0 Å². The van der Waals surface area contributed by atoms with E-state index >= 15 is 0 Å². The van der Waals surface area contributed by atoms with Crippen molar-refractivity contribution in [3.63, 3.8) is 0 Å². The van der Waals surface area contributed by atoms with Crippen molar-refractivity contribution in [2.75, 3.05) is 26.5 Å². The van der Waals surface area contributed by atoms with Gasteiger partial charge in [0.15, 0.2) is 15.8 Å². The number of hydrogen-bond acceptors (Lipinski definition) is 4. The molecule has 1 aliphatic rings. The number of guanidine groups is 1. The van der Waals surface area contributed by atoms with E-state index in [1.165, 1.54) is 31.9 Å². The lowest BCUT2D eigenvalue weighted by Crippen LogP contribution is -2.39. The Balaban J connectivity index is 1.83. The first kappa shape index (κ1) is 22.7. The zero-order valence-corrected chi connectivity index (χ0v) is 18.4. The number of benzene rings is 1. The molecule has 0 bridgehead atoms. The third kappa shape index (κ3) is 6.78. The van der Waals surface area contributed by atoms with Gasteiger partial charge in [-0.2, -0.15) is 0 Å². The molecule has 1 atom stereocenters. The predicted molar refractivity (Wildman–Crippen MR) is 114 cm³/mol. The zero-order valence-electron chi connectivity index (χ0n) is 17.6. The molecule has 0 aromatic heterocycles. The molecule has 1 saturated carbocycles. The van der Waals surface area contributed by atoms with Gasteiger partial charge in [-0.3, -0.25) is 4.99 Å². The van der Waals surface area contributed by atoms with Crippen LogP contribution in [0.4, 0.5) is 0 Å². The number of nitrogens with one attached hydrogen (secondary N) is 2. The molecule has 7 heteroatoms. The first-order valence-electron chi connectivity index (χ1n) is 10.2. The van der Waals surface area contributed by atoms with Gasteiger partial charge in [0.2, 0.25) is 0 Å². The standard InChI is InChI=1S/C21H35N3O3S/c1-5-27-19(18-8-6-7-9-18)12-13-23-21(22-3)24-15-17-10-11-20(16(2)14-17)28(4,25)26/h10-11,14,18-19H,5-9,12-13,15H2,1-4H3,(H2,22,23,24). The van der Waals surface area contributed by atoms with Crippen LogP contribution in [0.25, 0.3) is 0 Å². The molecule has 158 valence electrons. The number of nitrogens with zero attached hydrogens (tertiary/aromatic N) is 1. The summed E-state index contributed by atoms with van der Waals surface area (Å²) < 4.78 is 29.4. The van der Waals surface area contributed by atoms with Gasteiger partial charge in [-0.25, -0.2) is 8.42 Å². The SMILES string of the molecule is CCOC(CCNC(=NC)NCc1ccc(S(C)(=O)=O)c(C)c1)C1CCCC1. The Kier molecular flexibility index (Phi) is 8.76. The maximum Gasteiger partial charge on any atom is 0.191 e. The minimum atomic E-state index is -3.19. The van der Waals surface area contributed by atoms with Crippen LogP contribution >= 0.6 is 0 Å². The lowest BCUT2D eigenvalue weighted by atomic mass is 9.98. The smallest absolute Gasteiger partial charge is 0.191 e. The topological polar surface area (TPSA) is 79.8 Å². The molecule has 0 heterocycles. The monoisotopic (exact) mass is 409 g/mol. The summed E-state index contributed by atoms with van der Waals surface area (Å²) in [6, 6.07) is 5.42. The van der Waals surface area contributed by atoms with Crippen molar-refractivity contribution in [1.82, 2.24) is 10.6 Å². The Morgan fingerprint density at radius 3 is 2.57 bits per heavy atom. The largest absolute Gasteiger partial charge is 0.378 e. The molecule has 0 saturated heterocycles. The van der Waals surface area contributed by atoms with Crippen molar-refractivity contribution in [3.8, 4) is 0 Å². The molecule has 1 aliphatic carbocycles. The normalized spacial score (nSPS) is 16.9. The van der Waals surface area contributed by atoms with Crippen LogP contribution < -0.4 is 10.6 Å².